The van der Waals surface area contributed by atoms with Crippen LogP contribution in [0.2, 0.25) is 5.02 Å². The van der Waals surface area contributed by atoms with Crippen molar-refractivity contribution in [3.05, 3.63) is 45.6 Å². The highest BCUT2D eigenvalue weighted by atomic mass is 35.5. The van der Waals surface area contributed by atoms with Crippen LogP contribution in [0.1, 0.15) is 5.82 Å². The molecule has 0 bridgehead atoms. The quantitative estimate of drug-likeness (QED) is 0.465. The van der Waals surface area contributed by atoms with Crippen molar-refractivity contribution < 1.29 is 4.52 Å². The maximum absolute atomic E-state index is 8.14. The van der Waals surface area contributed by atoms with E-state index in [1.807, 2.05) is 0 Å². The van der Waals surface area contributed by atoms with Gasteiger partial charge in [0.1, 0.15) is 0 Å². The molecule has 0 N–H and O–H groups in total. The van der Waals surface area contributed by atoms with Gasteiger partial charge in [-0.05, 0) is 29.8 Å². The largest absolute Gasteiger partial charge is 0.334 e. The Balaban J connectivity index is 2.24. The molecule has 2 aromatic rings. The number of nitrogens with zero attached hydrogens (tertiary/aromatic N) is 5. The minimum atomic E-state index is 0.0770. The molecule has 16 heavy (non-hydrogen) atoms. The molecular formula is C9H6ClN5O. The van der Waals surface area contributed by atoms with Crippen molar-refractivity contribution in [1.82, 2.24) is 10.1 Å². The summed E-state index contributed by atoms with van der Waals surface area (Å²) in [4.78, 5) is 6.67. The Labute approximate surface area is 95.5 Å². The summed E-state index contributed by atoms with van der Waals surface area (Å²) in [7, 11) is 0. The number of azide groups is 1. The number of rotatable bonds is 3. The first-order valence-electron chi connectivity index (χ1n) is 4.39. The third kappa shape index (κ3) is 2.31. The Morgan fingerprint density at radius 1 is 1.38 bits per heavy atom. The highest BCUT2D eigenvalue weighted by Crippen LogP contribution is 2.19. The van der Waals surface area contributed by atoms with Crippen molar-refractivity contribution >= 4 is 11.6 Å². The molecule has 1 heterocycles. The minimum Gasteiger partial charge on any atom is -0.334 e. The van der Waals surface area contributed by atoms with E-state index in [-0.39, 0.29) is 6.54 Å². The van der Waals surface area contributed by atoms with Crippen LogP contribution in [-0.4, -0.2) is 10.1 Å². The lowest BCUT2D eigenvalue weighted by Gasteiger charge is -1.92. The van der Waals surface area contributed by atoms with Gasteiger partial charge in [0, 0.05) is 15.5 Å². The third-order valence-electron chi connectivity index (χ3n) is 1.83. The SMILES string of the molecule is [N-]=[N+]=NCc1noc(-c2ccc(Cl)cc2)n1. The summed E-state index contributed by atoms with van der Waals surface area (Å²) in [5, 5.41) is 7.64. The Morgan fingerprint density at radius 2 is 2.12 bits per heavy atom. The molecule has 0 aliphatic rings. The van der Waals surface area contributed by atoms with E-state index in [0.717, 1.165) is 5.56 Å². The molecule has 0 spiro atoms. The molecule has 0 amide bonds. The molecule has 2 rings (SSSR count). The Hall–Kier alpha value is -2.04. The van der Waals surface area contributed by atoms with Gasteiger partial charge < -0.3 is 4.52 Å². The Bertz CT molecular complexity index is 529. The molecule has 7 heteroatoms. The van der Waals surface area contributed by atoms with Crippen LogP contribution >= 0.6 is 11.6 Å². The smallest absolute Gasteiger partial charge is 0.257 e. The van der Waals surface area contributed by atoms with Crippen molar-refractivity contribution in [1.29, 1.82) is 0 Å². The predicted molar refractivity (Wildman–Crippen MR) is 57.6 cm³/mol. The van der Waals surface area contributed by atoms with Gasteiger partial charge in [-0.3, -0.25) is 0 Å². The summed E-state index contributed by atoms with van der Waals surface area (Å²) < 4.78 is 5.00. The lowest BCUT2D eigenvalue weighted by Crippen LogP contribution is -1.83. The molecule has 0 saturated heterocycles. The normalized spacial score (nSPS) is 9.81. The van der Waals surface area contributed by atoms with E-state index in [0.29, 0.717) is 16.7 Å². The van der Waals surface area contributed by atoms with Gasteiger partial charge in [0.25, 0.3) is 5.89 Å². The van der Waals surface area contributed by atoms with Gasteiger partial charge in [0.05, 0.1) is 6.54 Å². The fourth-order valence-corrected chi connectivity index (χ4v) is 1.25. The van der Waals surface area contributed by atoms with Gasteiger partial charge in [-0.2, -0.15) is 4.98 Å². The molecule has 0 fully saturated rings. The maximum Gasteiger partial charge on any atom is 0.257 e. The molecule has 0 atom stereocenters. The van der Waals surface area contributed by atoms with Crippen LogP contribution in [0, 0.1) is 0 Å². The molecule has 6 nitrogen and oxygen atoms in total. The standard InChI is InChI=1S/C9H6ClN5O/c10-7-3-1-6(2-4-7)9-13-8(14-16-9)5-12-15-11/h1-4H,5H2. The van der Waals surface area contributed by atoms with E-state index in [4.69, 9.17) is 21.7 Å². The van der Waals surface area contributed by atoms with E-state index < -0.39 is 0 Å². The van der Waals surface area contributed by atoms with Gasteiger partial charge >= 0.3 is 0 Å². The maximum atomic E-state index is 8.14. The Kier molecular flexibility index (Phi) is 3.05. The zero-order valence-electron chi connectivity index (χ0n) is 8.04. The summed E-state index contributed by atoms with van der Waals surface area (Å²) in [5.74, 6) is 0.725. The number of hydrogen-bond donors (Lipinski definition) is 0. The first-order chi connectivity index (χ1) is 7.79. The zero-order valence-corrected chi connectivity index (χ0v) is 8.79. The van der Waals surface area contributed by atoms with Gasteiger partial charge in [0.15, 0.2) is 5.82 Å². The zero-order chi connectivity index (χ0) is 11.4. The van der Waals surface area contributed by atoms with E-state index in [1.165, 1.54) is 0 Å². The van der Waals surface area contributed by atoms with Crippen molar-refractivity contribution in [2.45, 2.75) is 6.54 Å². The Morgan fingerprint density at radius 3 is 2.81 bits per heavy atom. The second-order valence-corrected chi connectivity index (χ2v) is 3.35. The summed E-state index contributed by atoms with van der Waals surface area (Å²) in [5.41, 5.74) is 8.91. The van der Waals surface area contributed by atoms with Gasteiger partial charge in [-0.1, -0.05) is 21.9 Å². The topological polar surface area (TPSA) is 87.7 Å². The van der Waals surface area contributed by atoms with E-state index in [2.05, 4.69) is 20.2 Å². The summed E-state index contributed by atoms with van der Waals surface area (Å²) in [6.45, 7) is 0.0770. The van der Waals surface area contributed by atoms with Crippen molar-refractivity contribution in [2.75, 3.05) is 0 Å². The van der Waals surface area contributed by atoms with Crippen LogP contribution in [0.25, 0.3) is 21.9 Å². The highest BCUT2D eigenvalue weighted by Gasteiger charge is 2.07. The van der Waals surface area contributed by atoms with Crippen LogP contribution in [-0.2, 0) is 6.54 Å². The summed E-state index contributed by atoms with van der Waals surface area (Å²) in [6.07, 6.45) is 0. The van der Waals surface area contributed by atoms with Crippen molar-refractivity contribution in [2.24, 2.45) is 5.11 Å². The van der Waals surface area contributed by atoms with E-state index >= 15 is 0 Å². The average molecular weight is 236 g/mol. The van der Waals surface area contributed by atoms with Crippen LogP contribution in [0.3, 0.4) is 0 Å². The van der Waals surface area contributed by atoms with Gasteiger partial charge in [-0.25, -0.2) is 0 Å². The molecule has 0 saturated carbocycles. The molecule has 1 aromatic heterocycles. The van der Waals surface area contributed by atoms with Gasteiger partial charge in [-0.15, -0.1) is 0 Å². The average Bonchev–Trinajstić information content (AvgIpc) is 2.76. The lowest BCUT2D eigenvalue weighted by atomic mass is 10.2. The van der Waals surface area contributed by atoms with E-state index in [9.17, 15) is 0 Å². The molecule has 80 valence electrons. The number of hydrogen-bond acceptors (Lipinski definition) is 4. The third-order valence-corrected chi connectivity index (χ3v) is 2.09. The van der Waals surface area contributed by atoms with Crippen LogP contribution in [0.4, 0.5) is 0 Å². The number of halogens is 1. The lowest BCUT2D eigenvalue weighted by molar-refractivity contribution is 0.423. The monoisotopic (exact) mass is 235 g/mol. The fourth-order valence-electron chi connectivity index (χ4n) is 1.12. The molecule has 0 aliphatic heterocycles. The van der Waals surface area contributed by atoms with Crippen molar-refractivity contribution in [3.63, 3.8) is 0 Å². The highest BCUT2D eigenvalue weighted by molar-refractivity contribution is 6.30. The predicted octanol–water partition coefficient (Wildman–Crippen LogP) is 3.20. The van der Waals surface area contributed by atoms with Crippen LogP contribution < -0.4 is 0 Å². The molecular weight excluding hydrogens is 230 g/mol. The molecule has 1 aromatic carbocycles. The summed E-state index contributed by atoms with van der Waals surface area (Å²) in [6, 6.07) is 7.00. The molecule has 0 unspecified atom stereocenters. The summed E-state index contributed by atoms with van der Waals surface area (Å²) >= 11 is 5.75. The fraction of sp³-hybridized carbons (Fsp3) is 0.111. The number of benzene rings is 1. The second kappa shape index (κ2) is 4.65. The first kappa shape index (κ1) is 10.5. The second-order valence-electron chi connectivity index (χ2n) is 2.91. The van der Waals surface area contributed by atoms with Crippen LogP contribution in [0.15, 0.2) is 33.9 Å². The van der Waals surface area contributed by atoms with Crippen molar-refractivity contribution in [3.8, 4) is 11.5 Å². The van der Waals surface area contributed by atoms with Gasteiger partial charge in [0.2, 0.25) is 0 Å². The first-order valence-corrected chi connectivity index (χ1v) is 4.77. The van der Waals surface area contributed by atoms with E-state index in [1.54, 1.807) is 24.3 Å². The van der Waals surface area contributed by atoms with Crippen LogP contribution in [0.5, 0.6) is 0 Å². The minimum absolute atomic E-state index is 0.0770. The molecule has 0 aliphatic carbocycles. The number of aromatic nitrogens is 2. The molecule has 0 radical (unpaired) electrons.